The Morgan fingerprint density at radius 3 is 1.67 bits per heavy atom. The van der Waals surface area contributed by atoms with Crippen LogP contribution in [0.15, 0.2) is 30.3 Å². The summed E-state index contributed by atoms with van der Waals surface area (Å²) in [5.41, 5.74) is 0.389. The van der Waals surface area contributed by atoms with Crippen molar-refractivity contribution in [3.63, 3.8) is 0 Å². The first-order valence-corrected chi connectivity index (χ1v) is 14.7. The third-order valence-corrected chi connectivity index (χ3v) is 7.12. The van der Waals surface area contributed by atoms with E-state index in [4.69, 9.17) is 4.74 Å². The molecule has 0 aliphatic rings. The van der Waals surface area contributed by atoms with Gasteiger partial charge in [0, 0.05) is 6.42 Å². The van der Waals surface area contributed by atoms with Crippen LogP contribution in [0.3, 0.4) is 0 Å². The van der Waals surface area contributed by atoms with Crippen LogP contribution in [0.25, 0.3) is 0 Å². The van der Waals surface area contributed by atoms with Crippen molar-refractivity contribution in [3.05, 3.63) is 35.9 Å². The summed E-state index contributed by atoms with van der Waals surface area (Å²) in [6, 6.07) is 8.58. The summed E-state index contributed by atoms with van der Waals surface area (Å²) < 4.78 is 5.57. The molecule has 0 fully saturated rings. The van der Waals surface area contributed by atoms with Crippen LogP contribution >= 0.6 is 0 Å². The van der Waals surface area contributed by atoms with Crippen LogP contribution in [-0.4, -0.2) is 34.4 Å². The number of carboxylic acids is 1. The van der Waals surface area contributed by atoms with Gasteiger partial charge in [0.2, 0.25) is 0 Å². The number of aliphatic carboxylic acids is 1. The fourth-order valence-electron chi connectivity index (χ4n) is 4.81. The van der Waals surface area contributed by atoms with Crippen molar-refractivity contribution in [3.8, 4) is 0 Å². The molecule has 1 rings (SSSR count). The van der Waals surface area contributed by atoms with Gasteiger partial charge < -0.3 is 14.9 Å². The summed E-state index contributed by atoms with van der Waals surface area (Å²) in [5, 5.41) is 20.1. The van der Waals surface area contributed by atoms with E-state index in [1.54, 1.807) is 37.3 Å². The number of aliphatic hydroxyl groups is 1. The van der Waals surface area contributed by atoms with Gasteiger partial charge in [-0.2, -0.15) is 0 Å². The van der Waals surface area contributed by atoms with Crippen LogP contribution in [0.5, 0.6) is 0 Å². The molecule has 0 aromatic heterocycles. The molecule has 5 nitrogen and oxygen atoms in total. The van der Waals surface area contributed by atoms with Crippen LogP contribution in [0.4, 0.5) is 0 Å². The predicted molar refractivity (Wildman–Crippen MR) is 147 cm³/mol. The van der Waals surface area contributed by atoms with Crippen molar-refractivity contribution in [2.24, 2.45) is 5.92 Å². The predicted octanol–water partition coefficient (Wildman–Crippen LogP) is 8.34. The Morgan fingerprint density at radius 1 is 0.750 bits per heavy atom. The molecule has 0 aliphatic carbocycles. The van der Waals surface area contributed by atoms with Crippen LogP contribution in [0, 0.1) is 5.92 Å². The number of esters is 1. The molecule has 0 bridgehead atoms. The van der Waals surface area contributed by atoms with Crippen molar-refractivity contribution in [1.82, 2.24) is 0 Å². The maximum Gasteiger partial charge on any atom is 0.338 e. The molecule has 36 heavy (non-hydrogen) atoms. The third-order valence-electron chi connectivity index (χ3n) is 7.12. The van der Waals surface area contributed by atoms with Crippen LogP contribution < -0.4 is 0 Å². The molecule has 1 aromatic carbocycles. The highest BCUT2D eigenvalue weighted by molar-refractivity contribution is 5.89. The molecule has 0 radical (unpaired) electrons. The lowest BCUT2D eigenvalue weighted by Crippen LogP contribution is -2.35. The largest absolute Gasteiger partial charge is 0.481 e. The van der Waals surface area contributed by atoms with Gasteiger partial charge in [0.25, 0.3) is 0 Å². The van der Waals surface area contributed by atoms with E-state index >= 15 is 0 Å². The molecule has 5 heteroatoms. The maximum absolute atomic E-state index is 12.5. The number of carbonyl (C=O) groups excluding carboxylic acids is 1. The minimum absolute atomic E-state index is 0.155. The molecular weight excluding hydrogens is 452 g/mol. The fraction of sp³-hybridized carbons (Fsp3) is 0.742. The standard InChI is InChI=1S/C31H52O5/c1-3-5-6-7-8-9-10-11-12-13-14-15-16-17-21-24-27(32)25-29(28(4-2)30(33)34)36-31(35)26-22-19-18-20-23-26/h18-20,22-23,27-29,32H,3-17,21,24-25H2,1-2H3,(H,33,34)/t27?,28-,29?/m1/s1. The molecule has 206 valence electrons. The number of hydrogen-bond acceptors (Lipinski definition) is 4. The molecule has 0 amide bonds. The van der Waals surface area contributed by atoms with Gasteiger partial charge in [0.1, 0.15) is 6.10 Å². The average Bonchev–Trinajstić information content (AvgIpc) is 2.87. The quantitative estimate of drug-likeness (QED) is 0.116. The summed E-state index contributed by atoms with van der Waals surface area (Å²) in [6.45, 7) is 4.03. The second kappa shape index (κ2) is 21.2. The van der Waals surface area contributed by atoms with E-state index in [0.29, 0.717) is 18.4 Å². The van der Waals surface area contributed by atoms with E-state index in [0.717, 1.165) is 12.8 Å². The Labute approximate surface area is 220 Å². The summed E-state index contributed by atoms with van der Waals surface area (Å²) in [7, 11) is 0. The van der Waals surface area contributed by atoms with E-state index in [1.807, 2.05) is 0 Å². The first kappa shape index (κ1) is 32.1. The maximum atomic E-state index is 12.5. The molecule has 2 unspecified atom stereocenters. The van der Waals surface area contributed by atoms with E-state index < -0.39 is 30.1 Å². The first-order valence-electron chi connectivity index (χ1n) is 14.7. The van der Waals surface area contributed by atoms with Gasteiger partial charge in [-0.1, -0.05) is 128 Å². The third kappa shape index (κ3) is 15.3. The number of aliphatic hydroxyl groups excluding tert-OH is 1. The van der Waals surface area contributed by atoms with E-state index in [2.05, 4.69) is 6.92 Å². The average molecular weight is 505 g/mol. The SMILES string of the molecule is CCCCCCCCCCCCCCCCCC(O)CC(OC(=O)c1ccccc1)[C@@H](CC)C(=O)O. The zero-order chi connectivity index (χ0) is 26.4. The molecule has 0 spiro atoms. The fourth-order valence-corrected chi connectivity index (χ4v) is 4.81. The van der Waals surface area contributed by atoms with Crippen molar-refractivity contribution < 1.29 is 24.5 Å². The zero-order valence-corrected chi connectivity index (χ0v) is 23.0. The Kier molecular flexibility index (Phi) is 19.0. The number of ether oxygens (including phenoxy) is 1. The Morgan fingerprint density at radius 2 is 1.22 bits per heavy atom. The van der Waals surface area contributed by atoms with Crippen LogP contribution in [0.1, 0.15) is 140 Å². The number of carboxylic acid groups (broad SMARTS) is 1. The Hall–Kier alpha value is -1.88. The first-order chi connectivity index (χ1) is 17.5. The minimum Gasteiger partial charge on any atom is -0.481 e. The molecular formula is C31H52O5. The Balaban J connectivity index is 2.19. The molecule has 1 aromatic rings. The highest BCUT2D eigenvalue weighted by atomic mass is 16.5. The van der Waals surface area contributed by atoms with Gasteiger partial charge in [0.05, 0.1) is 17.6 Å². The molecule has 0 saturated carbocycles. The van der Waals surface area contributed by atoms with Gasteiger partial charge in [-0.25, -0.2) is 4.79 Å². The van der Waals surface area contributed by atoms with Gasteiger partial charge in [-0.3, -0.25) is 4.79 Å². The van der Waals surface area contributed by atoms with Crippen molar-refractivity contribution in [2.75, 3.05) is 0 Å². The highest BCUT2D eigenvalue weighted by Crippen LogP contribution is 2.22. The van der Waals surface area contributed by atoms with Gasteiger partial charge in [0.15, 0.2) is 0 Å². The van der Waals surface area contributed by atoms with E-state index in [-0.39, 0.29) is 6.42 Å². The molecule has 0 saturated heterocycles. The molecule has 3 atom stereocenters. The van der Waals surface area contributed by atoms with Crippen molar-refractivity contribution >= 4 is 11.9 Å². The monoisotopic (exact) mass is 504 g/mol. The molecule has 0 aliphatic heterocycles. The number of carbonyl (C=O) groups is 2. The summed E-state index contributed by atoms with van der Waals surface area (Å²) >= 11 is 0. The van der Waals surface area contributed by atoms with Crippen molar-refractivity contribution in [2.45, 2.75) is 142 Å². The topological polar surface area (TPSA) is 83.8 Å². The minimum atomic E-state index is -0.998. The Bertz CT molecular complexity index is 675. The molecule has 2 N–H and O–H groups in total. The number of rotatable bonds is 23. The van der Waals surface area contributed by atoms with Crippen LogP contribution in [0.2, 0.25) is 0 Å². The second-order valence-electron chi connectivity index (χ2n) is 10.3. The second-order valence-corrected chi connectivity index (χ2v) is 10.3. The zero-order valence-electron chi connectivity index (χ0n) is 23.0. The van der Waals surface area contributed by atoms with Gasteiger partial charge in [-0.05, 0) is 25.0 Å². The lowest BCUT2D eigenvalue weighted by molar-refractivity contribution is -0.146. The lowest BCUT2D eigenvalue weighted by atomic mass is 9.93. The summed E-state index contributed by atoms with van der Waals surface area (Å²) in [6.07, 6.45) is 19.0. The number of hydrogen-bond donors (Lipinski definition) is 2. The van der Waals surface area contributed by atoms with E-state index in [1.165, 1.54) is 83.5 Å². The number of benzene rings is 1. The van der Waals surface area contributed by atoms with Gasteiger partial charge in [-0.15, -0.1) is 0 Å². The number of unbranched alkanes of at least 4 members (excludes halogenated alkanes) is 14. The highest BCUT2D eigenvalue weighted by Gasteiger charge is 2.32. The smallest absolute Gasteiger partial charge is 0.338 e. The summed E-state index contributed by atoms with van der Waals surface area (Å²) in [4.78, 5) is 24.2. The molecule has 0 heterocycles. The normalized spacial score (nSPS) is 13.8. The lowest BCUT2D eigenvalue weighted by Gasteiger charge is -2.25. The summed E-state index contributed by atoms with van der Waals surface area (Å²) in [5.74, 6) is -2.37. The van der Waals surface area contributed by atoms with Crippen molar-refractivity contribution in [1.29, 1.82) is 0 Å². The van der Waals surface area contributed by atoms with Crippen LogP contribution in [-0.2, 0) is 9.53 Å². The van der Waals surface area contributed by atoms with E-state index in [9.17, 15) is 19.8 Å². The van der Waals surface area contributed by atoms with Gasteiger partial charge >= 0.3 is 11.9 Å².